The fraction of sp³-hybridized carbons (Fsp3) is 0.214. The number of hydrogen-bond acceptors (Lipinski definition) is 5. The Kier molecular flexibility index (Phi) is 7.38. The van der Waals surface area contributed by atoms with Gasteiger partial charge in [0.2, 0.25) is 5.91 Å². The van der Waals surface area contributed by atoms with E-state index in [1.54, 1.807) is 18.7 Å². The van der Waals surface area contributed by atoms with E-state index >= 15 is 0 Å². The van der Waals surface area contributed by atoms with Gasteiger partial charge >= 0.3 is 6.16 Å². The summed E-state index contributed by atoms with van der Waals surface area (Å²) in [5.41, 5.74) is 3.28. The lowest BCUT2D eigenvalue weighted by Gasteiger charge is -2.45. The van der Waals surface area contributed by atoms with Gasteiger partial charge in [0.05, 0.1) is 10.1 Å². The van der Waals surface area contributed by atoms with Crippen molar-refractivity contribution in [1.82, 2.24) is 5.32 Å². The Morgan fingerprint density at radius 1 is 0.971 bits per heavy atom. The molecule has 0 aliphatic carbocycles. The number of rotatable bonds is 9. The van der Waals surface area contributed by atoms with Crippen LogP contribution in [0.3, 0.4) is 0 Å². The summed E-state index contributed by atoms with van der Waals surface area (Å²) in [6.07, 6.45) is 0.00839. The van der Waals surface area contributed by atoms with Crippen LogP contribution < -0.4 is 5.32 Å². The quantitative estimate of drug-likeness (QED) is 0.192. The second-order valence-corrected chi connectivity index (χ2v) is 9.38. The van der Waals surface area contributed by atoms with Crippen LogP contribution >= 0.6 is 11.8 Å². The topological polar surface area (TPSA) is 64.6 Å². The molecule has 0 saturated carbocycles. The van der Waals surface area contributed by atoms with Gasteiger partial charge < -0.3 is 14.8 Å². The van der Waals surface area contributed by atoms with E-state index in [-0.39, 0.29) is 17.9 Å². The molecule has 0 aromatic heterocycles. The zero-order valence-corrected chi connectivity index (χ0v) is 19.7. The summed E-state index contributed by atoms with van der Waals surface area (Å²) in [5, 5.41) is 2.75. The van der Waals surface area contributed by atoms with Crippen LogP contribution in [-0.2, 0) is 19.0 Å². The Morgan fingerprint density at radius 2 is 1.44 bits per heavy atom. The molecule has 3 aromatic rings. The second kappa shape index (κ2) is 10.6. The Balaban J connectivity index is 1.73. The van der Waals surface area contributed by atoms with E-state index in [1.165, 1.54) is 6.08 Å². The normalized spacial score (nSPS) is 18.2. The summed E-state index contributed by atoms with van der Waals surface area (Å²) < 4.78 is 9.75. The minimum atomic E-state index is -0.809. The van der Waals surface area contributed by atoms with Gasteiger partial charge in [-0.05, 0) is 23.6 Å². The maximum atomic E-state index is 12.6. The molecule has 1 heterocycles. The molecule has 1 amide bonds. The minimum Gasteiger partial charge on any atom is -0.430 e. The largest absolute Gasteiger partial charge is 0.508 e. The molecule has 6 heteroatoms. The van der Waals surface area contributed by atoms with Crippen LogP contribution in [0.15, 0.2) is 104 Å². The van der Waals surface area contributed by atoms with E-state index in [9.17, 15) is 9.59 Å². The summed E-state index contributed by atoms with van der Waals surface area (Å²) >= 11 is 1.64. The fourth-order valence-electron chi connectivity index (χ4n) is 4.23. The molecule has 1 fully saturated rings. The third-order valence-electron chi connectivity index (χ3n) is 5.87. The van der Waals surface area contributed by atoms with Gasteiger partial charge in [-0.2, -0.15) is 0 Å². The molecule has 1 saturated heterocycles. The van der Waals surface area contributed by atoms with Crippen molar-refractivity contribution in [2.75, 3.05) is 6.61 Å². The number of benzene rings is 3. The lowest BCUT2D eigenvalue weighted by atomic mass is 9.84. The Morgan fingerprint density at radius 3 is 1.85 bits per heavy atom. The van der Waals surface area contributed by atoms with Gasteiger partial charge in [-0.3, -0.25) is 4.79 Å². The third-order valence-corrected chi connectivity index (χ3v) is 7.59. The minimum absolute atomic E-state index is 0.0553. The number of amides is 1. The van der Waals surface area contributed by atoms with Crippen molar-refractivity contribution in [3.8, 4) is 0 Å². The maximum Gasteiger partial charge on any atom is 0.508 e. The smallest absolute Gasteiger partial charge is 0.430 e. The van der Waals surface area contributed by atoms with Gasteiger partial charge in [0.25, 0.3) is 0 Å². The predicted molar refractivity (Wildman–Crippen MR) is 134 cm³/mol. The number of nitrogens with one attached hydrogen (secondary N) is 1. The molecule has 3 aromatic carbocycles. The summed E-state index contributed by atoms with van der Waals surface area (Å²) in [4.78, 5) is 24.6. The molecule has 34 heavy (non-hydrogen) atoms. The van der Waals surface area contributed by atoms with E-state index in [2.05, 4.69) is 48.3 Å². The molecule has 1 N–H and O–H groups in total. The monoisotopic (exact) mass is 473 g/mol. The average Bonchev–Trinajstić information content (AvgIpc) is 2.86. The van der Waals surface area contributed by atoms with Gasteiger partial charge in [-0.1, -0.05) is 104 Å². The van der Waals surface area contributed by atoms with Crippen LogP contribution in [0.25, 0.3) is 0 Å². The van der Waals surface area contributed by atoms with Crippen molar-refractivity contribution in [2.45, 2.75) is 23.1 Å². The Bertz CT molecular complexity index is 1020. The van der Waals surface area contributed by atoms with Gasteiger partial charge in [-0.25, -0.2) is 4.79 Å². The summed E-state index contributed by atoms with van der Waals surface area (Å²) in [7, 11) is 0. The molecule has 0 bridgehead atoms. The number of β-lactam (4-membered cyclic amide) rings is 1. The van der Waals surface area contributed by atoms with Crippen LogP contribution in [0, 0.1) is 5.92 Å². The Labute approximate surface area is 204 Å². The highest BCUT2D eigenvalue weighted by atomic mass is 32.2. The van der Waals surface area contributed by atoms with Crippen molar-refractivity contribution in [3.05, 3.63) is 120 Å². The van der Waals surface area contributed by atoms with Crippen molar-refractivity contribution in [2.24, 2.45) is 5.92 Å². The maximum absolute atomic E-state index is 12.6. The molecule has 0 radical (unpaired) electrons. The number of hydrogen-bond donors (Lipinski definition) is 1. The van der Waals surface area contributed by atoms with Crippen LogP contribution in [0.2, 0.25) is 0 Å². The number of thioether (sulfide) groups is 1. The standard InChI is InChI=1S/C28H27NO4S/c1-3-19-32-27(31)33-20(2)24-25(30)29-26(24)34-28(21-13-7-4-8-14-21,22-15-9-5-10-16-22)23-17-11-6-12-18-23/h3-18,20,24,26H,1,19H2,2H3,(H,29,30)/t20-,24+,26-/m1/s1. The third kappa shape index (κ3) is 4.73. The molecule has 0 unspecified atom stereocenters. The van der Waals surface area contributed by atoms with Gasteiger partial charge in [0.1, 0.15) is 18.6 Å². The van der Waals surface area contributed by atoms with Crippen molar-refractivity contribution >= 4 is 23.8 Å². The molecule has 1 aliphatic heterocycles. The molecule has 174 valence electrons. The highest BCUT2D eigenvalue weighted by molar-refractivity contribution is 8.01. The number of ether oxygens (including phenoxy) is 2. The van der Waals surface area contributed by atoms with Crippen LogP contribution in [-0.4, -0.2) is 30.1 Å². The number of carbonyl (C=O) groups is 2. The summed E-state index contributed by atoms with van der Waals surface area (Å²) in [6, 6.07) is 30.8. The Hall–Kier alpha value is -3.51. The first kappa shape index (κ1) is 23.6. The fourth-order valence-corrected chi connectivity index (χ4v) is 6.09. The van der Waals surface area contributed by atoms with Gasteiger partial charge in [-0.15, -0.1) is 11.8 Å². The molecule has 3 atom stereocenters. The average molecular weight is 474 g/mol. The number of carbonyl (C=O) groups excluding carboxylic acids is 2. The first-order valence-corrected chi connectivity index (χ1v) is 12.0. The van der Waals surface area contributed by atoms with Crippen molar-refractivity contribution in [3.63, 3.8) is 0 Å². The van der Waals surface area contributed by atoms with E-state index < -0.39 is 22.9 Å². The zero-order chi connectivity index (χ0) is 24.0. The lowest BCUT2D eigenvalue weighted by molar-refractivity contribution is -0.137. The summed E-state index contributed by atoms with van der Waals surface area (Å²) in [5.74, 6) is -0.665. The van der Waals surface area contributed by atoms with Crippen LogP contribution in [0.4, 0.5) is 4.79 Å². The molecule has 5 nitrogen and oxygen atoms in total. The van der Waals surface area contributed by atoms with Gasteiger partial charge in [0.15, 0.2) is 0 Å². The highest BCUT2D eigenvalue weighted by Gasteiger charge is 2.50. The summed E-state index contributed by atoms with van der Waals surface area (Å²) in [6.45, 7) is 5.30. The first-order valence-electron chi connectivity index (χ1n) is 11.2. The van der Waals surface area contributed by atoms with E-state index in [0.29, 0.717) is 0 Å². The van der Waals surface area contributed by atoms with Crippen molar-refractivity contribution < 1.29 is 19.1 Å². The van der Waals surface area contributed by atoms with Crippen LogP contribution in [0.5, 0.6) is 0 Å². The van der Waals surface area contributed by atoms with E-state index in [0.717, 1.165) is 16.7 Å². The van der Waals surface area contributed by atoms with E-state index in [1.807, 2.05) is 54.6 Å². The molecule has 4 rings (SSSR count). The molecular weight excluding hydrogens is 446 g/mol. The predicted octanol–water partition coefficient (Wildman–Crippen LogP) is 5.51. The lowest BCUT2D eigenvalue weighted by Crippen LogP contribution is -2.62. The van der Waals surface area contributed by atoms with Gasteiger partial charge in [0, 0.05) is 0 Å². The molecular formula is C28H27NO4S. The van der Waals surface area contributed by atoms with Crippen LogP contribution in [0.1, 0.15) is 23.6 Å². The second-order valence-electron chi connectivity index (χ2n) is 8.02. The SMILES string of the molecule is C=CCOC(=O)O[C@H](C)[C@H]1C(=O)N[C@@H]1SC(c1ccccc1)(c1ccccc1)c1ccccc1. The highest BCUT2D eigenvalue weighted by Crippen LogP contribution is 2.52. The molecule has 1 aliphatic rings. The first-order chi connectivity index (χ1) is 16.6. The van der Waals surface area contributed by atoms with E-state index in [4.69, 9.17) is 9.47 Å². The zero-order valence-electron chi connectivity index (χ0n) is 18.9. The molecule has 0 spiro atoms. The van der Waals surface area contributed by atoms with Crippen molar-refractivity contribution in [1.29, 1.82) is 0 Å².